The van der Waals surface area contributed by atoms with E-state index in [1.807, 2.05) is 41.2 Å². The fourth-order valence-corrected chi connectivity index (χ4v) is 4.50. The van der Waals surface area contributed by atoms with Crippen LogP contribution in [-0.4, -0.2) is 62.4 Å². The number of hydrogen-bond donors (Lipinski definition) is 1. The highest BCUT2D eigenvalue weighted by atomic mass is 16.1. The quantitative estimate of drug-likeness (QED) is 0.867. The van der Waals surface area contributed by atoms with Crippen molar-refractivity contribution in [3.63, 3.8) is 0 Å². The zero-order valence-electron chi connectivity index (χ0n) is 15.8. The van der Waals surface area contributed by atoms with Gasteiger partial charge in [-0.05, 0) is 50.9 Å². The first-order valence-corrected chi connectivity index (χ1v) is 9.91. The second-order valence-electron chi connectivity index (χ2n) is 7.69. The summed E-state index contributed by atoms with van der Waals surface area (Å²) in [5.41, 5.74) is 7.50. The van der Waals surface area contributed by atoms with Gasteiger partial charge in [-0.2, -0.15) is 0 Å². The van der Waals surface area contributed by atoms with E-state index in [0.29, 0.717) is 0 Å². The summed E-state index contributed by atoms with van der Waals surface area (Å²) < 4.78 is 1.89. The second-order valence-corrected chi connectivity index (χ2v) is 7.69. The Labute approximate surface area is 160 Å². The fourth-order valence-electron chi connectivity index (χ4n) is 4.50. The Hall–Kier alpha value is -2.25. The van der Waals surface area contributed by atoms with Crippen LogP contribution in [0.2, 0.25) is 0 Å². The predicted octanol–water partition coefficient (Wildman–Crippen LogP) is 1.57. The van der Waals surface area contributed by atoms with Gasteiger partial charge in [0.15, 0.2) is 0 Å². The maximum absolute atomic E-state index is 12.4. The highest BCUT2D eigenvalue weighted by molar-refractivity contribution is 5.84. The molecule has 0 radical (unpaired) electrons. The summed E-state index contributed by atoms with van der Waals surface area (Å²) in [7, 11) is 0. The lowest BCUT2D eigenvalue weighted by Crippen LogP contribution is -2.63. The molecule has 7 heteroatoms. The third kappa shape index (κ3) is 3.61. The summed E-state index contributed by atoms with van der Waals surface area (Å²) in [5, 5.41) is 8.34. The molecule has 0 saturated carbocycles. The number of para-hydroxylation sites is 1. The van der Waals surface area contributed by atoms with Crippen molar-refractivity contribution in [2.75, 3.05) is 26.2 Å². The first kappa shape index (κ1) is 18.1. The lowest BCUT2D eigenvalue weighted by molar-refractivity contribution is -0.135. The molecule has 3 heterocycles. The van der Waals surface area contributed by atoms with Crippen molar-refractivity contribution in [3.8, 4) is 5.69 Å². The van der Waals surface area contributed by atoms with Crippen LogP contribution < -0.4 is 5.73 Å². The number of aromatic nitrogens is 3. The van der Waals surface area contributed by atoms with Crippen LogP contribution in [0, 0.1) is 0 Å². The van der Waals surface area contributed by atoms with Gasteiger partial charge in [0.2, 0.25) is 5.91 Å². The Morgan fingerprint density at radius 1 is 1.04 bits per heavy atom. The van der Waals surface area contributed by atoms with Crippen molar-refractivity contribution in [2.45, 2.75) is 44.2 Å². The van der Waals surface area contributed by atoms with Gasteiger partial charge in [-0.3, -0.25) is 14.6 Å². The smallest absolute Gasteiger partial charge is 0.238 e. The van der Waals surface area contributed by atoms with E-state index in [1.165, 1.54) is 19.3 Å². The minimum absolute atomic E-state index is 0.153. The van der Waals surface area contributed by atoms with Gasteiger partial charge >= 0.3 is 0 Å². The fraction of sp³-hybridized carbons (Fsp3) is 0.550. The Kier molecular flexibility index (Phi) is 5.22. The van der Waals surface area contributed by atoms with Crippen molar-refractivity contribution in [3.05, 3.63) is 42.2 Å². The maximum atomic E-state index is 12.4. The van der Waals surface area contributed by atoms with Crippen molar-refractivity contribution >= 4 is 5.91 Å². The number of likely N-dealkylation sites (tertiary alicyclic amines) is 2. The molecule has 4 rings (SSSR count). The van der Waals surface area contributed by atoms with Crippen molar-refractivity contribution in [2.24, 2.45) is 5.73 Å². The number of nitrogens with zero attached hydrogens (tertiary/aromatic N) is 5. The Morgan fingerprint density at radius 3 is 2.41 bits per heavy atom. The highest BCUT2D eigenvalue weighted by Crippen LogP contribution is 2.32. The maximum Gasteiger partial charge on any atom is 0.238 e. The molecule has 1 aromatic heterocycles. The lowest BCUT2D eigenvalue weighted by Gasteiger charge is -2.48. The molecule has 0 aliphatic carbocycles. The third-order valence-electron chi connectivity index (χ3n) is 6.11. The number of carbonyl (C=O) groups is 1. The van der Waals surface area contributed by atoms with Crippen LogP contribution >= 0.6 is 0 Å². The van der Waals surface area contributed by atoms with Gasteiger partial charge < -0.3 is 5.73 Å². The standard InChI is InChI=1S/C20H28N6O/c21-19(27)20(25-11-5-2-6-12-25)9-13-24(14-10-20)16-18-15-22-23-26(18)17-7-3-1-4-8-17/h1,3-4,7-8,15H,2,5-6,9-14,16H2,(H2,21,27). The zero-order valence-corrected chi connectivity index (χ0v) is 15.8. The number of amides is 1. The van der Waals surface area contributed by atoms with Gasteiger partial charge in [0, 0.05) is 19.6 Å². The predicted molar refractivity (Wildman–Crippen MR) is 103 cm³/mol. The number of rotatable bonds is 5. The molecule has 7 nitrogen and oxygen atoms in total. The summed E-state index contributed by atoms with van der Waals surface area (Å²) in [4.78, 5) is 17.1. The minimum atomic E-state index is -0.463. The molecule has 144 valence electrons. The molecule has 1 amide bonds. The molecule has 0 atom stereocenters. The van der Waals surface area contributed by atoms with E-state index in [-0.39, 0.29) is 5.91 Å². The summed E-state index contributed by atoms with van der Waals surface area (Å²) in [5.74, 6) is -0.153. The topological polar surface area (TPSA) is 80.3 Å². The molecule has 2 aliphatic rings. The first-order valence-electron chi connectivity index (χ1n) is 9.91. The van der Waals surface area contributed by atoms with Gasteiger partial charge in [-0.25, -0.2) is 4.68 Å². The molecular formula is C20H28N6O. The van der Waals surface area contributed by atoms with Gasteiger partial charge in [0.1, 0.15) is 5.54 Å². The SMILES string of the molecule is NC(=O)C1(N2CCCCC2)CCN(Cc2cnnn2-c2ccccc2)CC1. The molecule has 0 spiro atoms. The first-order chi connectivity index (χ1) is 13.2. The number of hydrogen-bond acceptors (Lipinski definition) is 5. The second kappa shape index (κ2) is 7.78. The van der Waals surface area contributed by atoms with Crippen LogP contribution in [0.1, 0.15) is 37.8 Å². The number of carbonyl (C=O) groups excluding carboxylic acids is 1. The Bertz CT molecular complexity index is 760. The summed E-state index contributed by atoms with van der Waals surface area (Å²) in [6.07, 6.45) is 7.02. The summed E-state index contributed by atoms with van der Waals surface area (Å²) >= 11 is 0. The van der Waals surface area contributed by atoms with Crippen molar-refractivity contribution in [1.82, 2.24) is 24.8 Å². The van der Waals surface area contributed by atoms with Crippen molar-refractivity contribution < 1.29 is 4.79 Å². The van der Waals surface area contributed by atoms with Crippen LogP contribution in [0.4, 0.5) is 0 Å². The number of piperidine rings is 2. The Morgan fingerprint density at radius 2 is 1.74 bits per heavy atom. The molecule has 27 heavy (non-hydrogen) atoms. The van der Waals surface area contributed by atoms with Gasteiger partial charge in [-0.1, -0.05) is 29.8 Å². The summed E-state index contributed by atoms with van der Waals surface area (Å²) in [6.45, 7) is 4.48. The minimum Gasteiger partial charge on any atom is -0.368 e. The highest BCUT2D eigenvalue weighted by Gasteiger charge is 2.45. The molecule has 2 aliphatic heterocycles. The average Bonchev–Trinajstić information content (AvgIpc) is 3.18. The van der Waals surface area contributed by atoms with Gasteiger partial charge in [-0.15, -0.1) is 5.10 Å². The molecule has 2 aromatic rings. The van der Waals surface area contributed by atoms with Gasteiger partial charge in [0.05, 0.1) is 17.6 Å². The largest absolute Gasteiger partial charge is 0.368 e. The lowest BCUT2D eigenvalue weighted by atomic mass is 9.83. The van der Waals surface area contributed by atoms with Crippen molar-refractivity contribution in [1.29, 1.82) is 0 Å². The number of benzene rings is 1. The molecule has 2 saturated heterocycles. The van der Waals surface area contributed by atoms with E-state index in [9.17, 15) is 4.79 Å². The Balaban J connectivity index is 1.44. The van der Waals surface area contributed by atoms with E-state index < -0.39 is 5.54 Å². The van der Waals surface area contributed by atoms with Crippen LogP contribution in [0.3, 0.4) is 0 Å². The monoisotopic (exact) mass is 368 g/mol. The van der Waals surface area contributed by atoms with E-state index in [1.54, 1.807) is 0 Å². The van der Waals surface area contributed by atoms with E-state index in [0.717, 1.165) is 56.9 Å². The number of nitrogens with two attached hydrogens (primary N) is 1. The van der Waals surface area contributed by atoms with E-state index in [4.69, 9.17) is 5.73 Å². The van der Waals surface area contributed by atoms with Crippen LogP contribution in [0.15, 0.2) is 36.5 Å². The molecule has 2 fully saturated rings. The van der Waals surface area contributed by atoms with E-state index in [2.05, 4.69) is 20.1 Å². The normalized spacial score (nSPS) is 21.2. The van der Waals surface area contributed by atoms with Gasteiger partial charge in [0.25, 0.3) is 0 Å². The van der Waals surface area contributed by atoms with Crippen LogP contribution in [0.25, 0.3) is 5.69 Å². The average molecular weight is 368 g/mol. The summed E-state index contributed by atoms with van der Waals surface area (Å²) in [6, 6.07) is 10.1. The molecule has 0 unspecified atom stereocenters. The van der Waals surface area contributed by atoms with E-state index >= 15 is 0 Å². The number of primary amides is 1. The molecule has 0 bridgehead atoms. The van der Waals surface area contributed by atoms with Crippen LogP contribution in [0.5, 0.6) is 0 Å². The molecular weight excluding hydrogens is 340 g/mol. The molecule has 2 N–H and O–H groups in total. The van der Waals surface area contributed by atoms with Crippen LogP contribution in [-0.2, 0) is 11.3 Å². The third-order valence-corrected chi connectivity index (χ3v) is 6.11. The molecule has 1 aromatic carbocycles. The zero-order chi connectivity index (χ0) is 18.7.